The minimum absolute atomic E-state index is 0.520. The number of aromatic nitrogens is 1. The van der Waals surface area contributed by atoms with Gasteiger partial charge in [0.25, 0.3) is 0 Å². The molecule has 0 saturated heterocycles. The number of rotatable bonds is 6. The summed E-state index contributed by atoms with van der Waals surface area (Å²) in [5, 5.41) is 3.19. The van der Waals surface area contributed by atoms with Gasteiger partial charge in [-0.25, -0.2) is 4.98 Å². The van der Waals surface area contributed by atoms with Crippen LogP contribution >= 0.6 is 15.9 Å². The van der Waals surface area contributed by atoms with Crippen molar-refractivity contribution in [3.05, 3.63) is 58.2 Å². The molecule has 100 valence electrons. The highest BCUT2D eigenvalue weighted by Gasteiger charge is 1.99. The van der Waals surface area contributed by atoms with E-state index < -0.39 is 0 Å². The highest BCUT2D eigenvalue weighted by Crippen LogP contribution is 2.13. The number of anilines is 1. The molecule has 0 fully saturated rings. The van der Waals surface area contributed by atoms with Crippen LogP contribution < -0.4 is 5.32 Å². The summed E-state index contributed by atoms with van der Waals surface area (Å²) < 4.78 is 6.75. The van der Waals surface area contributed by atoms with Crippen LogP contribution in [0.4, 0.5) is 5.82 Å². The molecule has 0 unspecified atom stereocenters. The topological polar surface area (TPSA) is 34.1 Å². The van der Waals surface area contributed by atoms with Crippen molar-refractivity contribution in [3.8, 4) is 0 Å². The quantitative estimate of drug-likeness (QED) is 0.873. The summed E-state index contributed by atoms with van der Waals surface area (Å²) >= 11 is 3.45. The summed E-state index contributed by atoms with van der Waals surface area (Å²) in [6.45, 7) is 4.03. The minimum Gasteiger partial charge on any atom is -0.370 e. The number of hydrogen-bond acceptors (Lipinski definition) is 3. The Bertz CT molecular complexity index is 531. The molecule has 0 aliphatic heterocycles. The maximum atomic E-state index is 5.68. The van der Waals surface area contributed by atoms with E-state index in [4.69, 9.17) is 4.74 Å². The highest BCUT2D eigenvalue weighted by atomic mass is 79.9. The Labute approximate surface area is 122 Å². The number of nitrogens with zero attached hydrogens (tertiary/aromatic N) is 1. The van der Waals surface area contributed by atoms with E-state index in [1.165, 1.54) is 0 Å². The summed E-state index contributed by atoms with van der Waals surface area (Å²) in [7, 11) is 0. The van der Waals surface area contributed by atoms with E-state index in [9.17, 15) is 0 Å². The Kier molecular flexibility index (Phi) is 5.36. The second-order valence-electron chi connectivity index (χ2n) is 4.17. The summed E-state index contributed by atoms with van der Waals surface area (Å²) in [5.74, 6) is 0.894. The van der Waals surface area contributed by atoms with E-state index in [2.05, 4.69) is 39.2 Å². The lowest BCUT2D eigenvalue weighted by Gasteiger charge is -2.07. The molecular formula is C15H17BrN2O. The number of benzene rings is 1. The van der Waals surface area contributed by atoms with Crippen molar-refractivity contribution >= 4 is 21.7 Å². The largest absolute Gasteiger partial charge is 0.370 e. The first-order chi connectivity index (χ1) is 9.28. The molecule has 0 spiro atoms. The lowest BCUT2D eigenvalue weighted by molar-refractivity contribution is 0.104. The molecular weight excluding hydrogens is 304 g/mol. The molecule has 0 radical (unpaired) electrons. The average Bonchev–Trinajstić information content (AvgIpc) is 2.40. The second kappa shape index (κ2) is 7.26. The predicted molar refractivity (Wildman–Crippen MR) is 81.0 cm³/mol. The van der Waals surface area contributed by atoms with Gasteiger partial charge in [0.2, 0.25) is 0 Å². The molecule has 0 aliphatic rings. The summed E-state index contributed by atoms with van der Waals surface area (Å²) in [4.78, 5) is 4.47. The Balaban J connectivity index is 1.87. The van der Waals surface area contributed by atoms with Crippen molar-refractivity contribution in [2.24, 2.45) is 0 Å². The molecule has 0 saturated carbocycles. The Morgan fingerprint density at radius 2 is 2.00 bits per heavy atom. The third-order valence-electron chi connectivity index (χ3n) is 2.57. The molecule has 0 aliphatic carbocycles. The van der Waals surface area contributed by atoms with Gasteiger partial charge in [-0.05, 0) is 36.8 Å². The zero-order valence-electron chi connectivity index (χ0n) is 10.9. The van der Waals surface area contributed by atoms with Gasteiger partial charge < -0.3 is 10.1 Å². The summed E-state index contributed by atoms with van der Waals surface area (Å²) in [6, 6.07) is 14.0. The van der Waals surface area contributed by atoms with Crippen LogP contribution in [0.1, 0.15) is 18.2 Å². The molecule has 1 heterocycles. The molecule has 1 N–H and O–H groups in total. The fraction of sp³-hybridized carbons (Fsp3) is 0.267. The van der Waals surface area contributed by atoms with Gasteiger partial charge in [-0.3, -0.25) is 0 Å². The van der Waals surface area contributed by atoms with E-state index in [1.54, 1.807) is 0 Å². The molecule has 4 heteroatoms. The van der Waals surface area contributed by atoms with Crippen molar-refractivity contribution in [1.82, 2.24) is 4.98 Å². The van der Waals surface area contributed by atoms with Crippen LogP contribution in [0.3, 0.4) is 0 Å². The molecule has 1 aromatic carbocycles. The fourth-order valence-corrected chi connectivity index (χ4v) is 2.19. The van der Waals surface area contributed by atoms with Gasteiger partial charge in [0, 0.05) is 11.0 Å². The molecule has 0 amide bonds. The Morgan fingerprint density at radius 1 is 1.16 bits per heavy atom. The van der Waals surface area contributed by atoms with Gasteiger partial charge in [0.05, 0.1) is 18.9 Å². The van der Waals surface area contributed by atoms with Crippen LogP contribution in [0.5, 0.6) is 0 Å². The van der Waals surface area contributed by atoms with Gasteiger partial charge in [-0.1, -0.05) is 34.1 Å². The number of pyridine rings is 1. The Hall–Kier alpha value is -1.39. The molecule has 2 rings (SSSR count). The first kappa shape index (κ1) is 14.0. The van der Waals surface area contributed by atoms with E-state index in [0.717, 1.165) is 28.1 Å². The van der Waals surface area contributed by atoms with E-state index >= 15 is 0 Å². The van der Waals surface area contributed by atoms with Crippen LogP contribution in [-0.2, 0) is 18.0 Å². The number of nitrogens with one attached hydrogen (secondary N) is 1. The standard InChI is InChI=1S/C15H17BrN2O/c1-2-17-15-8-4-7-14(18-15)11-19-10-12-5-3-6-13(16)9-12/h3-9H,2,10-11H2,1H3,(H,17,18). The van der Waals surface area contributed by atoms with Crippen molar-refractivity contribution < 1.29 is 4.74 Å². The summed E-state index contributed by atoms with van der Waals surface area (Å²) in [5.41, 5.74) is 2.09. The van der Waals surface area contributed by atoms with Crippen LogP contribution in [0, 0.1) is 0 Å². The van der Waals surface area contributed by atoms with Gasteiger partial charge in [0.1, 0.15) is 5.82 Å². The van der Waals surface area contributed by atoms with Crippen LogP contribution in [0.2, 0.25) is 0 Å². The van der Waals surface area contributed by atoms with E-state index in [-0.39, 0.29) is 0 Å². The number of ether oxygens (including phenoxy) is 1. The smallest absolute Gasteiger partial charge is 0.126 e. The predicted octanol–water partition coefficient (Wildman–Crippen LogP) is 3.99. The molecule has 2 aromatic rings. The molecule has 1 aromatic heterocycles. The lowest BCUT2D eigenvalue weighted by atomic mass is 10.2. The van der Waals surface area contributed by atoms with Crippen molar-refractivity contribution in [2.75, 3.05) is 11.9 Å². The monoisotopic (exact) mass is 320 g/mol. The van der Waals surface area contributed by atoms with Crippen LogP contribution in [0.15, 0.2) is 46.9 Å². The second-order valence-corrected chi connectivity index (χ2v) is 5.08. The van der Waals surface area contributed by atoms with Crippen molar-refractivity contribution in [3.63, 3.8) is 0 Å². The molecule has 0 atom stereocenters. The van der Waals surface area contributed by atoms with Gasteiger partial charge >= 0.3 is 0 Å². The van der Waals surface area contributed by atoms with Crippen LogP contribution in [0.25, 0.3) is 0 Å². The van der Waals surface area contributed by atoms with Gasteiger partial charge in [-0.15, -0.1) is 0 Å². The Morgan fingerprint density at radius 3 is 2.79 bits per heavy atom. The minimum atomic E-state index is 0.520. The maximum absolute atomic E-state index is 5.68. The van der Waals surface area contributed by atoms with Crippen molar-refractivity contribution in [2.45, 2.75) is 20.1 Å². The third-order valence-corrected chi connectivity index (χ3v) is 3.07. The van der Waals surface area contributed by atoms with E-state index in [1.807, 2.05) is 36.4 Å². The van der Waals surface area contributed by atoms with Crippen molar-refractivity contribution in [1.29, 1.82) is 0 Å². The zero-order valence-corrected chi connectivity index (χ0v) is 12.5. The normalized spacial score (nSPS) is 10.4. The number of halogens is 1. The molecule has 3 nitrogen and oxygen atoms in total. The highest BCUT2D eigenvalue weighted by molar-refractivity contribution is 9.10. The maximum Gasteiger partial charge on any atom is 0.126 e. The zero-order chi connectivity index (χ0) is 13.5. The fourth-order valence-electron chi connectivity index (χ4n) is 1.74. The molecule has 19 heavy (non-hydrogen) atoms. The van der Waals surface area contributed by atoms with Crippen LogP contribution in [-0.4, -0.2) is 11.5 Å². The third kappa shape index (κ3) is 4.65. The lowest BCUT2D eigenvalue weighted by Crippen LogP contribution is -2.02. The first-order valence-corrected chi connectivity index (χ1v) is 7.09. The summed E-state index contributed by atoms with van der Waals surface area (Å²) in [6.07, 6.45) is 0. The average molecular weight is 321 g/mol. The molecule has 0 bridgehead atoms. The van der Waals surface area contributed by atoms with Gasteiger partial charge in [0.15, 0.2) is 0 Å². The van der Waals surface area contributed by atoms with E-state index in [0.29, 0.717) is 13.2 Å². The van der Waals surface area contributed by atoms with Gasteiger partial charge in [-0.2, -0.15) is 0 Å². The number of hydrogen-bond donors (Lipinski definition) is 1. The SMILES string of the molecule is CCNc1cccc(COCc2cccc(Br)c2)n1. The first-order valence-electron chi connectivity index (χ1n) is 6.30.